The number of carbonyl (C=O) groups excluding carboxylic acids is 1. The second kappa shape index (κ2) is 9.28. The Labute approximate surface area is 178 Å². The van der Waals surface area contributed by atoms with Gasteiger partial charge in [-0.2, -0.15) is 5.26 Å². The quantitative estimate of drug-likeness (QED) is 0.793. The minimum Gasteiger partial charge on any atom is -0.370 e. The van der Waals surface area contributed by atoms with Crippen molar-refractivity contribution >= 4 is 21.6 Å². The van der Waals surface area contributed by atoms with E-state index in [9.17, 15) is 13.2 Å². The van der Waals surface area contributed by atoms with Crippen LogP contribution in [0.1, 0.15) is 36.2 Å². The number of amides is 1. The molecule has 1 N–H and O–H groups in total. The van der Waals surface area contributed by atoms with E-state index in [1.54, 1.807) is 43.0 Å². The first-order chi connectivity index (χ1) is 14.3. The number of nitriles is 1. The largest absolute Gasteiger partial charge is 0.370 e. The monoisotopic (exact) mass is 426 g/mol. The molecule has 1 saturated heterocycles. The van der Waals surface area contributed by atoms with Gasteiger partial charge >= 0.3 is 0 Å². The molecule has 0 spiro atoms. The maximum atomic E-state index is 12.9. The van der Waals surface area contributed by atoms with Crippen LogP contribution in [0.15, 0.2) is 53.4 Å². The molecular formula is C22H26N4O3S. The molecule has 158 valence electrons. The molecule has 0 saturated carbocycles. The molecule has 1 amide bonds. The molecule has 7 nitrogen and oxygen atoms in total. The third-order valence-electron chi connectivity index (χ3n) is 4.95. The Balaban J connectivity index is 1.66. The van der Waals surface area contributed by atoms with E-state index >= 15 is 0 Å². The molecule has 0 aromatic heterocycles. The Bertz CT molecular complexity index is 1030. The molecule has 2 aromatic carbocycles. The summed E-state index contributed by atoms with van der Waals surface area (Å²) in [6.07, 6.45) is 0.830. The van der Waals surface area contributed by atoms with Crippen molar-refractivity contribution in [2.24, 2.45) is 0 Å². The highest BCUT2D eigenvalue weighted by atomic mass is 32.2. The first kappa shape index (κ1) is 21.8. The lowest BCUT2D eigenvalue weighted by Crippen LogP contribution is -2.35. The van der Waals surface area contributed by atoms with Crippen LogP contribution in [0.2, 0.25) is 0 Å². The van der Waals surface area contributed by atoms with Crippen LogP contribution in [-0.4, -0.2) is 51.4 Å². The molecule has 1 fully saturated rings. The molecule has 1 heterocycles. The fourth-order valence-electron chi connectivity index (χ4n) is 3.46. The smallest absolute Gasteiger partial charge is 0.253 e. The average Bonchev–Trinajstić information content (AvgIpc) is 2.99. The molecule has 8 heteroatoms. The highest BCUT2D eigenvalue weighted by Crippen LogP contribution is 2.19. The number of nitrogens with zero attached hydrogens (tertiary/aromatic N) is 3. The van der Waals surface area contributed by atoms with Gasteiger partial charge in [0.2, 0.25) is 10.0 Å². The molecule has 0 atom stereocenters. The standard InChI is InChI=1S/C22H26N4O3S/c1-17(2)24-30(28,29)21-10-6-19(7-11-21)22(27)26-13-3-12-25(14-15-26)20-8-4-18(16-23)5-9-20/h4-11,17,24H,3,12-15H2,1-2H3. The molecule has 1 aliphatic heterocycles. The number of anilines is 1. The highest BCUT2D eigenvalue weighted by Gasteiger charge is 2.22. The number of hydrogen-bond donors (Lipinski definition) is 1. The third kappa shape index (κ3) is 5.17. The SMILES string of the molecule is CC(C)NS(=O)(=O)c1ccc(C(=O)N2CCCN(c3ccc(C#N)cc3)CC2)cc1. The summed E-state index contributed by atoms with van der Waals surface area (Å²) in [5, 5.41) is 8.94. The van der Waals surface area contributed by atoms with Crippen molar-refractivity contribution < 1.29 is 13.2 Å². The number of carbonyl (C=O) groups is 1. The topological polar surface area (TPSA) is 93.5 Å². The lowest BCUT2D eigenvalue weighted by molar-refractivity contribution is 0.0767. The van der Waals surface area contributed by atoms with Crippen LogP contribution in [0.4, 0.5) is 5.69 Å². The van der Waals surface area contributed by atoms with Crippen molar-refractivity contribution in [1.82, 2.24) is 9.62 Å². The van der Waals surface area contributed by atoms with Crippen LogP contribution in [0.3, 0.4) is 0 Å². The van der Waals surface area contributed by atoms with Gasteiger partial charge in [-0.25, -0.2) is 13.1 Å². The van der Waals surface area contributed by atoms with E-state index in [1.807, 2.05) is 12.1 Å². The number of rotatable bonds is 5. The predicted octanol–water partition coefficient (Wildman–Crippen LogP) is 2.60. The van der Waals surface area contributed by atoms with Gasteiger partial charge in [-0.15, -0.1) is 0 Å². The molecule has 0 radical (unpaired) electrons. The molecular weight excluding hydrogens is 400 g/mol. The molecule has 0 unspecified atom stereocenters. The van der Waals surface area contributed by atoms with Crippen molar-refractivity contribution in [2.75, 3.05) is 31.1 Å². The Hall–Kier alpha value is -2.89. The zero-order chi connectivity index (χ0) is 21.7. The molecule has 0 bridgehead atoms. The zero-order valence-electron chi connectivity index (χ0n) is 17.2. The fraction of sp³-hybridized carbons (Fsp3) is 0.364. The summed E-state index contributed by atoms with van der Waals surface area (Å²) in [5.74, 6) is -0.0996. The second-order valence-corrected chi connectivity index (χ2v) is 9.31. The van der Waals surface area contributed by atoms with Crippen LogP contribution in [0, 0.1) is 11.3 Å². The van der Waals surface area contributed by atoms with Gasteiger partial charge in [0.25, 0.3) is 5.91 Å². The molecule has 2 aromatic rings. The minimum atomic E-state index is -3.58. The summed E-state index contributed by atoms with van der Waals surface area (Å²) >= 11 is 0. The number of sulfonamides is 1. The summed E-state index contributed by atoms with van der Waals surface area (Å²) in [5.41, 5.74) is 2.14. The molecule has 30 heavy (non-hydrogen) atoms. The first-order valence-corrected chi connectivity index (χ1v) is 11.5. The van der Waals surface area contributed by atoms with Crippen molar-refractivity contribution in [3.63, 3.8) is 0 Å². The van der Waals surface area contributed by atoms with E-state index in [0.29, 0.717) is 30.8 Å². The van der Waals surface area contributed by atoms with Gasteiger partial charge in [0.05, 0.1) is 16.5 Å². The summed E-state index contributed by atoms with van der Waals surface area (Å²) < 4.78 is 27.0. The fourth-order valence-corrected chi connectivity index (χ4v) is 4.71. The Morgan fingerprint density at radius 1 is 1.00 bits per heavy atom. The lowest BCUT2D eigenvalue weighted by atomic mass is 10.2. The Morgan fingerprint density at radius 2 is 1.67 bits per heavy atom. The first-order valence-electron chi connectivity index (χ1n) is 9.97. The number of benzene rings is 2. The van der Waals surface area contributed by atoms with Gasteiger partial charge in [-0.1, -0.05) is 0 Å². The van der Waals surface area contributed by atoms with Gasteiger partial charge < -0.3 is 9.80 Å². The van der Waals surface area contributed by atoms with Crippen LogP contribution < -0.4 is 9.62 Å². The summed E-state index contributed by atoms with van der Waals surface area (Å²) in [4.78, 5) is 17.1. The molecule has 3 rings (SSSR count). The van der Waals surface area contributed by atoms with Crippen LogP contribution >= 0.6 is 0 Å². The van der Waals surface area contributed by atoms with E-state index in [1.165, 1.54) is 12.1 Å². The molecule has 0 aliphatic carbocycles. The summed E-state index contributed by atoms with van der Waals surface area (Å²) in [6.45, 7) is 6.26. The van der Waals surface area contributed by atoms with Crippen LogP contribution in [-0.2, 0) is 10.0 Å². The van der Waals surface area contributed by atoms with Crippen molar-refractivity contribution in [3.05, 3.63) is 59.7 Å². The maximum Gasteiger partial charge on any atom is 0.253 e. The second-order valence-electron chi connectivity index (χ2n) is 7.59. The van der Waals surface area contributed by atoms with Crippen molar-refractivity contribution in [2.45, 2.75) is 31.2 Å². The van der Waals surface area contributed by atoms with E-state index in [2.05, 4.69) is 15.7 Å². The Kier molecular flexibility index (Phi) is 6.75. The molecule has 1 aliphatic rings. The van der Waals surface area contributed by atoms with Crippen molar-refractivity contribution in [1.29, 1.82) is 5.26 Å². The maximum absolute atomic E-state index is 12.9. The van der Waals surface area contributed by atoms with Gasteiger partial charge in [-0.3, -0.25) is 4.79 Å². The Morgan fingerprint density at radius 3 is 2.27 bits per heavy atom. The summed E-state index contributed by atoms with van der Waals surface area (Å²) in [7, 11) is -3.58. The van der Waals surface area contributed by atoms with E-state index in [4.69, 9.17) is 5.26 Å². The van der Waals surface area contributed by atoms with Gasteiger partial charge in [-0.05, 0) is 68.8 Å². The van der Waals surface area contributed by atoms with Crippen LogP contribution in [0.25, 0.3) is 0 Å². The van der Waals surface area contributed by atoms with Gasteiger partial charge in [0, 0.05) is 43.5 Å². The van der Waals surface area contributed by atoms with Gasteiger partial charge in [0.1, 0.15) is 0 Å². The summed E-state index contributed by atoms with van der Waals surface area (Å²) in [6, 6.07) is 15.5. The van der Waals surface area contributed by atoms with Crippen molar-refractivity contribution in [3.8, 4) is 6.07 Å². The third-order valence-corrected chi connectivity index (χ3v) is 6.62. The highest BCUT2D eigenvalue weighted by molar-refractivity contribution is 7.89. The van der Waals surface area contributed by atoms with E-state index in [0.717, 1.165) is 18.7 Å². The van der Waals surface area contributed by atoms with E-state index < -0.39 is 10.0 Å². The normalized spacial score (nSPS) is 15.0. The zero-order valence-corrected chi connectivity index (χ0v) is 18.0. The van der Waals surface area contributed by atoms with Crippen LogP contribution in [0.5, 0.6) is 0 Å². The average molecular weight is 427 g/mol. The minimum absolute atomic E-state index is 0.0996. The van der Waals surface area contributed by atoms with E-state index in [-0.39, 0.29) is 16.8 Å². The van der Waals surface area contributed by atoms with Gasteiger partial charge in [0.15, 0.2) is 0 Å². The number of nitrogens with one attached hydrogen (secondary N) is 1. The lowest BCUT2D eigenvalue weighted by Gasteiger charge is -2.24. The number of hydrogen-bond acceptors (Lipinski definition) is 5. The predicted molar refractivity (Wildman–Crippen MR) is 116 cm³/mol.